The van der Waals surface area contributed by atoms with E-state index in [4.69, 9.17) is 19.7 Å². The van der Waals surface area contributed by atoms with Gasteiger partial charge in [0.15, 0.2) is 0 Å². The van der Waals surface area contributed by atoms with Crippen molar-refractivity contribution in [3.8, 4) is 0 Å². The summed E-state index contributed by atoms with van der Waals surface area (Å²) in [5.74, 6) is -9.50. The van der Waals surface area contributed by atoms with Crippen molar-refractivity contribution in [1.82, 2.24) is 0 Å². The minimum Gasteiger partial charge on any atom is -0.394 e. The minimum absolute atomic E-state index is 0.282. The van der Waals surface area contributed by atoms with Crippen molar-refractivity contribution in [2.75, 3.05) is 13.2 Å². The van der Waals surface area contributed by atoms with E-state index in [1.807, 2.05) is 0 Å². The van der Waals surface area contributed by atoms with Gasteiger partial charge in [-0.15, -0.1) is 0 Å². The van der Waals surface area contributed by atoms with E-state index in [2.05, 4.69) is 0 Å². The van der Waals surface area contributed by atoms with Gasteiger partial charge in [-0.3, -0.25) is 9.59 Å². The van der Waals surface area contributed by atoms with Crippen LogP contribution in [-0.4, -0.2) is 136 Å². The summed E-state index contributed by atoms with van der Waals surface area (Å²) in [5, 5.41) is 97.3. The van der Waals surface area contributed by atoms with Gasteiger partial charge in [0.25, 0.3) is 11.6 Å². The van der Waals surface area contributed by atoms with Gasteiger partial charge < -0.3 is 60.5 Å². The third kappa shape index (κ3) is 4.05. The Morgan fingerprint density at radius 1 is 0.667 bits per heavy atom. The molecule has 10 N–H and O–H groups in total. The molecule has 0 aromatic carbocycles. The summed E-state index contributed by atoms with van der Waals surface area (Å²) in [4.78, 5) is 24.6. The van der Waals surface area contributed by atoms with Gasteiger partial charge in [-0.25, -0.2) is 0 Å². The first-order chi connectivity index (χ1) is 13.8. The number of aliphatic hydroxyl groups excluding tert-OH is 8. The van der Waals surface area contributed by atoms with Crippen LogP contribution in [0.1, 0.15) is 0 Å². The maximum atomic E-state index is 12.3. The van der Waals surface area contributed by atoms with Gasteiger partial charge >= 0.3 is 0 Å². The molecule has 2 aliphatic heterocycles. The summed E-state index contributed by atoms with van der Waals surface area (Å²) in [6, 6.07) is 0. The summed E-state index contributed by atoms with van der Waals surface area (Å²) in [5.41, 5.74) is 0. The SMILES string of the molecule is O=C(/C=C\C(=O)C1(O)O[C@H](CO)[C@@H](O)[C@H](O)[C@H]1O)C1(O)O[C@H](CO)[C@@H](O)[C@H](O)[C@H]1O. The third-order valence-electron chi connectivity index (χ3n) is 5.02. The Balaban J connectivity index is 2.23. The highest BCUT2D eigenvalue weighted by atomic mass is 16.7. The van der Waals surface area contributed by atoms with Crippen LogP contribution in [0.3, 0.4) is 0 Å². The molecule has 0 spiro atoms. The first-order valence-electron chi connectivity index (χ1n) is 8.72. The number of carbonyl (C=O) groups excluding carboxylic acids is 2. The Bertz CT molecular complexity index is 623. The van der Waals surface area contributed by atoms with Crippen LogP contribution in [0, 0.1) is 0 Å². The molecule has 172 valence electrons. The normalized spacial score (nSPS) is 47.4. The van der Waals surface area contributed by atoms with Gasteiger partial charge in [0, 0.05) is 0 Å². The summed E-state index contributed by atoms with van der Waals surface area (Å²) < 4.78 is 9.51. The second kappa shape index (κ2) is 8.99. The summed E-state index contributed by atoms with van der Waals surface area (Å²) in [6.45, 7) is -1.91. The molecule has 0 saturated carbocycles. The predicted octanol–water partition coefficient (Wildman–Crippen LogP) is -6.99. The highest BCUT2D eigenvalue weighted by Gasteiger charge is 2.58. The second-order valence-corrected chi connectivity index (χ2v) is 6.98. The van der Waals surface area contributed by atoms with Crippen molar-refractivity contribution in [2.45, 2.75) is 60.4 Å². The first-order valence-corrected chi connectivity index (χ1v) is 8.72. The lowest BCUT2D eigenvalue weighted by Gasteiger charge is -2.44. The van der Waals surface area contributed by atoms with E-state index < -0.39 is 85.2 Å². The minimum atomic E-state index is -3.19. The highest BCUT2D eigenvalue weighted by molar-refractivity contribution is 6.04. The average molecular weight is 440 g/mol. The molecule has 2 aliphatic rings. The smallest absolute Gasteiger partial charge is 0.260 e. The quantitative estimate of drug-likeness (QED) is 0.172. The molecule has 2 unspecified atom stereocenters. The van der Waals surface area contributed by atoms with E-state index in [0.717, 1.165) is 0 Å². The third-order valence-corrected chi connectivity index (χ3v) is 5.02. The largest absolute Gasteiger partial charge is 0.394 e. The number of ketones is 2. The van der Waals surface area contributed by atoms with Crippen molar-refractivity contribution < 1.29 is 70.1 Å². The van der Waals surface area contributed by atoms with Gasteiger partial charge in [0.2, 0.25) is 11.6 Å². The van der Waals surface area contributed by atoms with Crippen LogP contribution < -0.4 is 0 Å². The lowest BCUT2D eigenvalue weighted by molar-refractivity contribution is -0.329. The van der Waals surface area contributed by atoms with Crippen LogP contribution >= 0.6 is 0 Å². The molecule has 2 fully saturated rings. The Morgan fingerprint density at radius 2 is 0.967 bits per heavy atom. The van der Waals surface area contributed by atoms with Crippen molar-refractivity contribution in [2.24, 2.45) is 0 Å². The molecule has 2 rings (SSSR count). The van der Waals surface area contributed by atoms with Gasteiger partial charge in [0.1, 0.15) is 48.8 Å². The van der Waals surface area contributed by atoms with E-state index in [9.17, 15) is 50.4 Å². The van der Waals surface area contributed by atoms with Crippen molar-refractivity contribution >= 4 is 11.6 Å². The van der Waals surface area contributed by atoms with Gasteiger partial charge in [0.05, 0.1) is 13.2 Å². The molecule has 2 heterocycles. The van der Waals surface area contributed by atoms with Crippen molar-refractivity contribution in [3.05, 3.63) is 12.2 Å². The lowest BCUT2D eigenvalue weighted by atomic mass is 9.88. The molecular weight excluding hydrogens is 416 g/mol. The molecule has 0 amide bonds. The van der Waals surface area contributed by atoms with Crippen LogP contribution in [0.5, 0.6) is 0 Å². The Labute approximate surface area is 168 Å². The molecule has 0 aromatic rings. The summed E-state index contributed by atoms with van der Waals surface area (Å²) >= 11 is 0. The molecule has 0 bridgehead atoms. The number of hydrogen-bond donors (Lipinski definition) is 10. The van der Waals surface area contributed by atoms with Crippen molar-refractivity contribution in [3.63, 3.8) is 0 Å². The molecular formula is C16H24O14. The van der Waals surface area contributed by atoms with Crippen LogP contribution in [-0.2, 0) is 19.1 Å². The van der Waals surface area contributed by atoms with E-state index >= 15 is 0 Å². The molecule has 30 heavy (non-hydrogen) atoms. The molecule has 0 aromatic heterocycles. The van der Waals surface area contributed by atoms with Crippen molar-refractivity contribution in [1.29, 1.82) is 0 Å². The van der Waals surface area contributed by atoms with Gasteiger partial charge in [-0.1, -0.05) is 0 Å². The Hall–Kier alpha value is -1.40. The van der Waals surface area contributed by atoms with E-state index in [1.54, 1.807) is 0 Å². The maximum Gasteiger partial charge on any atom is 0.260 e. The fourth-order valence-electron chi connectivity index (χ4n) is 3.11. The topological polar surface area (TPSA) is 255 Å². The zero-order valence-electron chi connectivity index (χ0n) is 15.3. The maximum absolute atomic E-state index is 12.3. The Morgan fingerprint density at radius 3 is 1.23 bits per heavy atom. The molecule has 2 saturated heterocycles. The van der Waals surface area contributed by atoms with Crippen LogP contribution in [0.15, 0.2) is 12.2 Å². The predicted molar refractivity (Wildman–Crippen MR) is 89.0 cm³/mol. The summed E-state index contributed by atoms with van der Waals surface area (Å²) in [6.07, 6.45) is -15.5. The second-order valence-electron chi connectivity index (χ2n) is 6.98. The lowest BCUT2D eigenvalue weighted by Crippen LogP contribution is -2.68. The first kappa shape index (κ1) is 24.9. The van der Waals surface area contributed by atoms with Crippen LogP contribution in [0.4, 0.5) is 0 Å². The van der Waals surface area contributed by atoms with Crippen LogP contribution in [0.2, 0.25) is 0 Å². The molecule has 14 heteroatoms. The monoisotopic (exact) mass is 440 g/mol. The zero-order chi connectivity index (χ0) is 23.0. The molecule has 14 nitrogen and oxygen atoms in total. The fraction of sp³-hybridized carbons (Fsp3) is 0.750. The summed E-state index contributed by atoms with van der Waals surface area (Å²) in [7, 11) is 0. The number of carbonyl (C=O) groups is 2. The number of hydrogen-bond acceptors (Lipinski definition) is 14. The number of aliphatic hydroxyl groups is 10. The van der Waals surface area contributed by atoms with E-state index in [1.165, 1.54) is 0 Å². The molecule has 0 aliphatic carbocycles. The standard InChI is InChI=1S/C16H24O14/c17-3-5-9(21)11(23)13(25)15(27,29-5)7(19)1-2-8(20)16(28)14(26)12(24)10(22)6(4-18)30-16/h1-2,5-6,9-14,17-18,21-28H,3-4H2/b2-1-/t5-,6-,9-,10-,11+,12+,13-,14-,15?,16?/m1/s1. The van der Waals surface area contributed by atoms with Gasteiger partial charge in [-0.05, 0) is 12.2 Å². The van der Waals surface area contributed by atoms with Gasteiger partial charge in [-0.2, -0.15) is 0 Å². The Kier molecular flexibility index (Phi) is 7.45. The van der Waals surface area contributed by atoms with Crippen LogP contribution in [0.25, 0.3) is 0 Å². The zero-order valence-corrected chi connectivity index (χ0v) is 15.3. The van der Waals surface area contributed by atoms with E-state index in [0.29, 0.717) is 0 Å². The fourth-order valence-corrected chi connectivity index (χ4v) is 3.11. The number of rotatable bonds is 6. The molecule has 0 radical (unpaired) electrons. The molecule has 10 atom stereocenters. The highest BCUT2D eigenvalue weighted by Crippen LogP contribution is 2.31. The van der Waals surface area contributed by atoms with E-state index in [-0.39, 0.29) is 12.2 Å². The average Bonchev–Trinajstić information content (AvgIpc) is 2.73. The number of ether oxygens (including phenoxy) is 2.